The van der Waals surface area contributed by atoms with Crippen molar-refractivity contribution in [3.8, 4) is 0 Å². The monoisotopic (exact) mass is 294 g/mol. The Hall–Kier alpha value is -0.380. The number of hydrogen-bond donors (Lipinski definition) is 1. The number of thiophene rings is 1. The second-order valence-electron chi connectivity index (χ2n) is 6.02. The van der Waals surface area contributed by atoms with Gasteiger partial charge in [-0.15, -0.1) is 11.3 Å². The Bertz CT molecular complexity index is 409. The normalized spacial score (nSPS) is 23.1. The number of piperazine rings is 1. The Morgan fingerprint density at radius 1 is 1.20 bits per heavy atom. The van der Waals surface area contributed by atoms with Crippen molar-refractivity contribution in [2.24, 2.45) is 0 Å². The first kappa shape index (κ1) is 16.0. The van der Waals surface area contributed by atoms with E-state index in [0.29, 0.717) is 11.6 Å². The van der Waals surface area contributed by atoms with E-state index < -0.39 is 0 Å². The number of hydrogen-bond acceptors (Lipinski definition) is 3. The molecule has 2 rings (SSSR count). The zero-order valence-corrected chi connectivity index (χ0v) is 14.4. The predicted octanol–water partition coefficient (Wildman–Crippen LogP) is 4.05. The molecule has 0 spiro atoms. The second kappa shape index (κ2) is 7.06. The van der Waals surface area contributed by atoms with Crippen LogP contribution < -0.4 is 5.32 Å². The number of nitrogens with zero attached hydrogens (tertiary/aromatic N) is 1. The summed E-state index contributed by atoms with van der Waals surface area (Å²) in [5.41, 5.74) is 0.349. The fraction of sp³-hybridized carbons (Fsp3) is 0.765. The second-order valence-corrected chi connectivity index (χ2v) is 7.27. The van der Waals surface area contributed by atoms with Gasteiger partial charge in [0.2, 0.25) is 0 Å². The van der Waals surface area contributed by atoms with E-state index in [4.69, 9.17) is 0 Å². The molecule has 1 N–H and O–H groups in total. The molecule has 0 radical (unpaired) electrons. The highest BCUT2D eigenvalue weighted by Gasteiger charge is 2.38. The molecule has 1 atom stereocenters. The summed E-state index contributed by atoms with van der Waals surface area (Å²) in [5.74, 6) is 0. The van der Waals surface area contributed by atoms with Crippen LogP contribution in [0.5, 0.6) is 0 Å². The van der Waals surface area contributed by atoms with Crippen LogP contribution in [0.1, 0.15) is 56.7 Å². The molecular weight excluding hydrogens is 264 g/mol. The maximum absolute atomic E-state index is 3.76. The molecule has 0 aromatic carbocycles. The van der Waals surface area contributed by atoms with Gasteiger partial charge in [-0.05, 0) is 37.8 Å². The lowest BCUT2D eigenvalue weighted by molar-refractivity contribution is 0.0246. The van der Waals surface area contributed by atoms with E-state index in [1.807, 2.05) is 11.3 Å². The summed E-state index contributed by atoms with van der Waals surface area (Å²) < 4.78 is 0. The van der Waals surface area contributed by atoms with Crippen LogP contribution in [0.3, 0.4) is 0 Å². The van der Waals surface area contributed by atoms with Crippen molar-refractivity contribution in [3.05, 3.63) is 21.9 Å². The third-order valence-corrected chi connectivity index (χ3v) is 6.27. The number of nitrogens with one attached hydrogen (secondary N) is 1. The van der Waals surface area contributed by atoms with Gasteiger partial charge in [0.1, 0.15) is 0 Å². The van der Waals surface area contributed by atoms with E-state index in [0.717, 1.165) is 19.5 Å². The van der Waals surface area contributed by atoms with E-state index in [2.05, 4.69) is 50.0 Å². The van der Waals surface area contributed by atoms with Crippen LogP contribution in [0.15, 0.2) is 12.1 Å². The lowest BCUT2D eigenvalue weighted by Crippen LogP contribution is -2.63. The van der Waals surface area contributed by atoms with Gasteiger partial charge in [0, 0.05) is 41.0 Å². The van der Waals surface area contributed by atoms with Crippen molar-refractivity contribution in [1.29, 1.82) is 0 Å². The van der Waals surface area contributed by atoms with Gasteiger partial charge in [0.05, 0.1) is 0 Å². The number of rotatable bonds is 6. The highest BCUT2D eigenvalue weighted by Crippen LogP contribution is 2.30. The van der Waals surface area contributed by atoms with Gasteiger partial charge in [-0.1, -0.05) is 27.7 Å². The van der Waals surface area contributed by atoms with Crippen LogP contribution in [-0.4, -0.2) is 29.6 Å². The minimum atomic E-state index is 0.349. The highest BCUT2D eigenvalue weighted by atomic mass is 32.1. The molecule has 114 valence electrons. The molecule has 1 saturated heterocycles. The Balaban J connectivity index is 2.14. The van der Waals surface area contributed by atoms with E-state index in [1.165, 1.54) is 35.6 Å². The van der Waals surface area contributed by atoms with Crippen molar-refractivity contribution >= 4 is 11.3 Å². The minimum Gasteiger partial charge on any atom is -0.311 e. The first-order valence-corrected chi connectivity index (χ1v) is 9.05. The van der Waals surface area contributed by atoms with Crippen molar-refractivity contribution < 1.29 is 0 Å². The lowest BCUT2D eigenvalue weighted by Gasteiger charge is -2.49. The molecule has 1 aliphatic rings. The highest BCUT2D eigenvalue weighted by molar-refractivity contribution is 7.11. The fourth-order valence-corrected chi connectivity index (χ4v) is 4.28. The minimum absolute atomic E-state index is 0.349. The molecule has 0 aliphatic carbocycles. The average molecular weight is 295 g/mol. The van der Waals surface area contributed by atoms with Crippen molar-refractivity contribution in [2.45, 2.75) is 71.5 Å². The molecule has 3 heteroatoms. The van der Waals surface area contributed by atoms with E-state index in [-0.39, 0.29) is 0 Å². The molecule has 20 heavy (non-hydrogen) atoms. The number of aryl methyl sites for hydroxylation is 1. The first-order chi connectivity index (χ1) is 9.67. The van der Waals surface area contributed by atoms with Gasteiger partial charge in [-0.25, -0.2) is 0 Å². The van der Waals surface area contributed by atoms with Gasteiger partial charge >= 0.3 is 0 Å². The molecule has 1 aromatic rings. The lowest BCUT2D eigenvalue weighted by atomic mass is 9.86. The molecule has 1 fully saturated rings. The first-order valence-electron chi connectivity index (χ1n) is 8.23. The zero-order chi connectivity index (χ0) is 14.6. The van der Waals surface area contributed by atoms with Crippen molar-refractivity contribution in [2.75, 3.05) is 13.1 Å². The quantitative estimate of drug-likeness (QED) is 0.851. The standard InChI is InChI=1S/C17H30N2S/c1-5-14-11-19(17(7-3,8-4)13-18-14)12-16-10-9-15(6-2)20-16/h9-10,14,18H,5-8,11-13H2,1-4H3. The molecule has 0 saturated carbocycles. The summed E-state index contributed by atoms with van der Waals surface area (Å²) in [5, 5.41) is 3.76. The van der Waals surface area contributed by atoms with Gasteiger partial charge < -0.3 is 5.32 Å². The fourth-order valence-electron chi connectivity index (χ4n) is 3.31. The summed E-state index contributed by atoms with van der Waals surface area (Å²) in [7, 11) is 0. The molecule has 1 aliphatic heterocycles. The molecule has 1 aromatic heterocycles. The third-order valence-electron chi connectivity index (χ3n) is 5.05. The van der Waals surface area contributed by atoms with E-state index in [9.17, 15) is 0 Å². The maximum Gasteiger partial charge on any atom is 0.0334 e. The largest absolute Gasteiger partial charge is 0.311 e. The van der Waals surface area contributed by atoms with E-state index in [1.54, 1.807) is 0 Å². The van der Waals surface area contributed by atoms with Crippen LogP contribution >= 0.6 is 11.3 Å². The topological polar surface area (TPSA) is 15.3 Å². The van der Waals surface area contributed by atoms with Crippen LogP contribution in [0.25, 0.3) is 0 Å². The molecule has 2 heterocycles. The van der Waals surface area contributed by atoms with E-state index >= 15 is 0 Å². The molecule has 1 unspecified atom stereocenters. The van der Waals surface area contributed by atoms with Crippen LogP contribution in [0.4, 0.5) is 0 Å². The summed E-state index contributed by atoms with van der Waals surface area (Å²) in [4.78, 5) is 5.80. The summed E-state index contributed by atoms with van der Waals surface area (Å²) in [6.45, 7) is 12.7. The van der Waals surface area contributed by atoms with Gasteiger partial charge in [-0.2, -0.15) is 0 Å². The Morgan fingerprint density at radius 2 is 1.90 bits per heavy atom. The molecular formula is C17H30N2S. The SMILES string of the molecule is CCc1ccc(CN2CC(CC)NCC2(CC)CC)s1. The molecule has 0 bridgehead atoms. The summed E-state index contributed by atoms with van der Waals surface area (Å²) in [6.07, 6.45) is 4.86. The Labute approximate surface area is 128 Å². The Kier molecular flexibility index (Phi) is 5.65. The zero-order valence-electron chi connectivity index (χ0n) is 13.5. The van der Waals surface area contributed by atoms with Crippen LogP contribution in [-0.2, 0) is 13.0 Å². The van der Waals surface area contributed by atoms with Gasteiger partial charge in [-0.3, -0.25) is 4.90 Å². The predicted molar refractivity (Wildman–Crippen MR) is 89.5 cm³/mol. The third kappa shape index (κ3) is 3.26. The van der Waals surface area contributed by atoms with Gasteiger partial charge in [0.25, 0.3) is 0 Å². The van der Waals surface area contributed by atoms with Crippen LogP contribution in [0, 0.1) is 0 Å². The maximum atomic E-state index is 3.76. The van der Waals surface area contributed by atoms with Crippen LogP contribution in [0.2, 0.25) is 0 Å². The van der Waals surface area contributed by atoms with Crippen molar-refractivity contribution in [1.82, 2.24) is 10.2 Å². The average Bonchev–Trinajstić information content (AvgIpc) is 2.95. The summed E-state index contributed by atoms with van der Waals surface area (Å²) >= 11 is 1.99. The van der Waals surface area contributed by atoms with Gasteiger partial charge in [0.15, 0.2) is 0 Å². The Morgan fingerprint density at radius 3 is 2.45 bits per heavy atom. The molecule has 2 nitrogen and oxygen atoms in total. The van der Waals surface area contributed by atoms with Crippen molar-refractivity contribution in [3.63, 3.8) is 0 Å². The summed E-state index contributed by atoms with van der Waals surface area (Å²) in [6, 6.07) is 5.30. The molecule has 0 amide bonds. The smallest absolute Gasteiger partial charge is 0.0334 e.